The second kappa shape index (κ2) is 9.51. The molecule has 0 saturated carbocycles. The lowest BCUT2D eigenvalue weighted by atomic mass is 9.82. The number of piperidine rings is 1. The number of carbonyl (C=O) groups is 2. The van der Waals surface area contributed by atoms with Crippen molar-refractivity contribution in [3.63, 3.8) is 0 Å². The average Bonchev–Trinajstić information content (AvgIpc) is 3.03. The van der Waals surface area contributed by atoms with E-state index in [9.17, 15) is 9.59 Å². The van der Waals surface area contributed by atoms with Gasteiger partial charge in [-0.2, -0.15) is 0 Å². The van der Waals surface area contributed by atoms with Gasteiger partial charge in [0.25, 0.3) is 5.91 Å². The van der Waals surface area contributed by atoms with Gasteiger partial charge in [-0.1, -0.05) is 74.0 Å². The SMILES string of the molecule is C1CCNCC1.CCCN1C(=O)NC(c2ccccc2)(c2ccccc2)C1=O. The molecule has 0 atom stereocenters. The van der Waals surface area contributed by atoms with Crippen LogP contribution in [-0.4, -0.2) is 36.5 Å². The zero-order valence-electron chi connectivity index (χ0n) is 16.5. The van der Waals surface area contributed by atoms with Gasteiger partial charge in [0, 0.05) is 6.54 Å². The molecule has 2 aliphatic rings. The molecule has 2 aromatic carbocycles. The molecule has 2 aliphatic heterocycles. The van der Waals surface area contributed by atoms with Crippen molar-refractivity contribution >= 4 is 11.9 Å². The van der Waals surface area contributed by atoms with E-state index in [1.165, 1.54) is 37.3 Å². The lowest BCUT2D eigenvalue weighted by Gasteiger charge is -2.28. The third-order valence-electron chi connectivity index (χ3n) is 5.17. The molecule has 2 N–H and O–H groups in total. The molecule has 0 radical (unpaired) electrons. The van der Waals surface area contributed by atoms with Crippen LogP contribution in [0.15, 0.2) is 60.7 Å². The fourth-order valence-corrected chi connectivity index (χ4v) is 3.74. The highest BCUT2D eigenvalue weighted by Gasteiger charge is 2.53. The van der Waals surface area contributed by atoms with E-state index in [-0.39, 0.29) is 11.9 Å². The normalized spacial score (nSPS) is 18.2. The van der Waals surface area contributed by atoms with Crippen LogP contribution in [0.5, 0.6) is 0 Å². The second-order valence-electron chi connectivity index (χ2n) is 7.18. The number of rotatable bonds is 4. The Kier molecular flexibility index (Phi) is 6.82. The molecule has 0 bridgehead atoms. The van der Waals surface area contributed by atoms with Gasteiger partial charge in [0.15, 0.2) is 5.54 Å². The highest BCUT2D eigenvalue weighted by molar-refractivity contribution is 6.09. The monoisotopic (exact) mass is 379 g/mol. The molecule has 2 fully saturated rings. The number of nitrogens with zero attached hydrogens (tertiary/aromatic N) is 1. The van der Waals surface area contributed by atoms with Crippen molar-refractivity contribution in [2.24, 2.45) is 0 Å². The van der Waals surface area contributed by atoms with Gasteiger partial charge in [-0.05, 0) is 43.5 Å². The predicted octanol–water partition coefficient (Wildman–Crippen LogP) is 3.65. The largest absolute Gasteiger partial charge is 0.325 e. The number of nitrogens with one attached hydrogen (secondary N) is 2. The van der Waals surface area contributed by atoms with Crippen molar-refractivity contribution < 1.29 is 9.59 Å². The maximum Gasteiger partial charge on any atom is 0.325 e. The Labute approximate surface area is 167 Å². The minimum atomic E-state index is -1.13. The molecule has 5 nitrogen and oxygen atoms in total. The van der Waals surface area contributed by atoms with Gasteiger partial charge in [-0.25, -0.2) is 4.79 Å². The van der Waals surface area contributed by atoms with E-state index in [1.54, 1.807) is 0 Å². The van der Waals surface area contributed by atoms with E-state index < -0.39 is 5.54 Å². The van der Waals surface area contributed by atoms with Crippen LogP contribution in [0.1, 0.15) is 43.7 Å². The fourth-order valence-electron chi connectivity index (χ4n) is 3.74. The van der Waals surface area contributed by atoms with Crippen molar-refractivity contribution in [3.05, 3.63) is 71.8 Å². The van der Waals surface area contributed by atoms with Crippen molar-refractivity contribution in [3.8, 4) is 0 Å². The van der Waals surface area contributed by atoms with Crippen molar-refractivity contribution in [1.29, 1.82) is 0 Å². The predicted molar refractivity (Wildman–Crippen MR) is 111 cm³/mol. The molecule has 2 heterocycles. The van der Waals surface area contributed by atoms with E-state index in [0.29, 0.717) is 6.54 Å². The van der Waals surface area contributed by atoms with E-state index >= 15 is 0 Å². The van der Waals surface area contributed by atoms with Crippen LogP contribution in [0.2, 0.25) is 0 Å². The van der Waals surface area contributed by atoms with Gasteiger partial charge >= 0.3 is 6.03 Å². The summed E-state index contributed by atoms with van der Waals surface area (Å²) in [5.41, 5.74) is 0.422. The molecule has 0 unspecified atom stereocenters. The Hall–Kier alpha value is -2.66. The molecule has 3 amide bonds. The topological polar surface area (TPSA) is 61.4 Å². The van der Waals surface area contributed by atoms with Crippen molar-refractivity contribution in [1.82, 2.24) is 15.5 Å². The summed E-state index contributed by atoms with van der Waals surface area (Å²) in [6.45, 7) is 4.87. The zero-order chi connectivity index (χ0) is 19.8. The quantitative estimate of drug-likeness (QED) is 0.797. The Bertz CT molecular complexity index is 722. The number of urea groups is 1. The van der Waals surface area contributed by atoms with Gasteiger partial charge in [0.1, 0.15) is 0 Å². The Morgan fingerprint density at radius 2 is 1.39 bits per heavy atom. The molecule has 2 saturated heterocycles. The lowest BCUT2D eigenvalue weighted by Crippen LogP contribution is -2.45. The van der Waals surface area contributed by atoms with Gasteiger partial charge < -0.3 is 10.6 Å². The van der Waals surface area contributed by atoms with E-state index in [4.69, 9.17) is 0 Å². The fraction of sp³-hybridized carbons (Fsp3) is 0.391. The maximum atomic E-state index is 13.1. The molecular weight excluding hydrogens is 350 g/mol. The first-order chi connectivity index (χ1) is 13.7. The number of benzene rings is 2. The number of hydrogen-bond donors (Lipinski definition) is 2. The van der Waals surface area contributed by atoms with Crippen molar-refractivity contribution in [2.45, 2.75) is 38.1 Å². The van der Waals surface area contributed by atoms with Gasteiger partial charge in [-0.15, -0.1) is 0 Å². The van der Waals surface area contributed by atoms with E-state index in [1.807, 2.05) is 67.6 Å². The summed E-state index contributed by atoms with van der Waals surface area (Å²) in [6.07, 6.45) is 4.95. The number of imide groups is 1. The first-order valence-corrected chi connectivity index (χ1v) is 10.2. The number of hydrogen-bond acceptors (Lipinski definition) is 3. The maximum absolute atomic E-state index is 13.1. The van der Waals surface area contributed by atoms with Crippen LogP contribution in [-0.2, 0) is 10.3 Å². The van der Waals surface area contributed by atoms with E-state index in [2.05, 4.69) is 10.6 Å². The first-order valence-electron chi connectivity index (χ1n) is 10.2. The third-order valence-corrected chi connectivity index (χ3v) is 5.17. The summed E-state index contributed by atoms with van der Waals surface area (Å²) < 4.78 is 0. The van der Waals surface area contributed by atoms with Crippen LogP contribution in [0.3, 0.4) is 0 Å². The van der Waals surface area contributed by atoms with Gasteiger partial charge in [0.2, 0.25) is 0 Å². The molecule has 0 aromatic heterocycles. The smallest absolute Gasteiger partial charge is 0.317 e. The second-order valence-corrected chi connectivity index (χ2v) is 7.18. The highest BCUT2D eigenvalue weighted by Crippen LogP contribution is 2.35. The van der Waals surface area contributed by atoms with Crippen LogP contribution < -0.4 is 10.6 Å². The van der Waals surface area contributed by atoms with Crippen LogP contribution >= 0.6 is 0 Å². The summed E-state index contributed by atoms with van der Waals surface area (Å²) >= 11 is 0. The minimum absolute atomic E-state index is 0.211. The average molecular weight is 380 g/mol. The molecule has 0 aliphatic carbocycles. The van der Waals surface area contributed by atoms with Gasteiger partial charge in [-0.3, -0.25) is 9.69 Å². The summed E-state index contributed by atoms with van der Waals surface area (Å²) in [5, 5.41) is 6.21. The molecular formula is C23H29N3O2. The lowest BCUT2D eigenvalue weighted by molar-refractivity contribution is -0.130. The van der Waals surface area contributed by atoms with Crippen molar-refractivity contribution in [2.75, 3.05) is 19.6 Å². The van der Waals surface area contributed by atoms with E-state index in [0.717, 1.165) is 17.5 Å². The highest BCUT2D eigenvalue weighted by atomic mass is 16.2. The number of amides is 3. The summed E-state index contributed by atoms with van der Waals surface area (Å²) in [4.78, 5) is 26.7. The molecule has 0 spiro atoms. The summed E-state index contributed by atoms with van der Waals surface area (Å²) in [7, 11) is 0. The summed E-state index contributed by atoms with van der Waals surface area (Å²) in [5.74, 6) is -0.211. The summed E-state index contributed by atoms with van der Waals surface area (Å²) in [6, 6.07) is 18.5. The number of carbonyl (C=O) groups excluding carboxylic acids is 2. The molecule has 2 aromatic rings. The Morgan fingerprint density at radius 1 is 0.857 bits per heavy atom. The van der Waals surface area contributed by atoms with Crippen LogP contribution in [0.4, 0.5) is 4.79 Å². The Morgan fingerprint density at radius 3 is 1.79 bits per heavy atom. The molecule has 5 heteroatoms. The van der Waals surface area contributed by atoms with Crippen LogP contribution in [0, 0.1) is 0 Å². The molecule has 28 heavy (non-hydrogen) atoms. The Balaban J connectivity index is 0.000000320. The zero-order valence-corrected chi connectivity index (χ0v) is 16.5. The van der Waals surface area contributed by atoms with Gasteiger partial charge in [0.05, 0.1) is 0 Å². The van der Waals surface area contributed by atoms with Crippen LogP contribution in [0.25, 0.3) is 0 Å². The first kappa shape index (κ1) is 20.1. The standard InChI is InChI=1S/C18H18N2O2.C5H11N/c1-2-13-20-16(21)18(19-17(20)22,14-9-5-3-6-10-14)15-11-7-4-8-12-15;1-2-4-6-5-3-1/h3-12H,2,13H2,1H3,(H,19,22);6H,1-5H2. The molecule has 4 rings (SSSR count). The third kappa shape index (κ3) is 4.09. The molecule has 148 valence electrons. The minimum Gasteiger partial charge on any atom is -0.317 e.